The average Bonchev–Trinajstić information content (AvgIpc) is 3.23. The first-order valence-electron chi connectivity index (χ1n) is 9.33. The Morgan fingerprint density at radius 1 is 1.21 bits per heavy atom. The van der Waals surface area contributed by atoms with Crippen LogP contribution in [0.25, 0.3) is 0 Å². The maximum atomic E-state index is 12.7. The molecule has 28 heavy (non-hydrogen) atoms. The fourth-order valence-electron chi connectivity index (χ4n) is 2.97. The number of anilines is 1. The number of carbonyl (C=O) groups is 1. The molecule has 3 aromatic rings. The standard InChI is InChI=1S/C21H25N5OS/c1-3-26(18-9-6-7-16(2)13-18)12-11-22-20(27)19-10-5-4-8-17(19)14-28-21-23-15-24-25-21/h4-10,13,15H,3,11-12,14H2,1-2H3,(H,22,27)(H,23,24,25). The average molecular weight is 396 g/mol. The number of aromatic nitrogens is 3. The molecular formula is C21H25N5OS. The van der Waals surface area contributed by atoms with Gasteiger partial charge in [0.1, 0.15) is 6.33 Å². The molecule has 0 unspecified atom stereocenters. The smallest absolute Gasteiger partial charge is 0.251 e. The van der Waals surface area contributed by atoms with Crippen LogP contribution >= 0.6 is 11.8 Å². The third-order valence-corrected chi connectivity index (χ3v) is 5.36. The second-order valence-electron chi connectivity index (χ2n) is 6.41. The number of nitrogens with zero attached hydrogens (tertiary/aromatic N) is 3. The van der Waals surface area contributed by atoms with E-state index in [1.165, 1.54) is 29.3 Å². The van der Waals surface area contributed by atoms with E-state index in [-0.39, 0.29) is 5.91 Å². The van der Waals surface area contributed by atoms with Gasteiger partial charge in [0, 0.05) is 36.6 Å². The minimum atomic E-state index is -0.0472. The van der Waals surface area contributed by atoms with Crippen LogP contribution in [0.15, 0.2) is 60.0 Å². The van der Waals surface area contributed by atoms with Crippen LogP contribution in [-0.4, -0.2) is 40.7 Å². The monoisotopic (exact) mass is 395 g/mol. The number of hydrogen-bond acceptors (Lipinski definition) is 5. The summed E-state index contributed by atoms with van der Waals surface area (Å²) in [5.41, 5.74) is 4.10. The summed E-state index contributed by atoms with van der Waals surface area (Å²) < 4.78 is 0. The van der Waals surface area contributed by atoms with Crippen LogP contribution in [0.4, 0.5) is 5.69 Å². The molecule has 0 fully saturated rings. The maximum Gasteiger partial charge on any atom is 0.251 e. The van der Waals surface area contributed by atoms with Gasteiger partial charge in [0.25, 0.3) is 5.91 Å². The number of amides is 1. The van der Waals surface area contributed by atoms with E-state index >= 15 is 0 Å². The van der Waals surface area contributed by atoms with Gasteiger partial charge in [0.15, 0.2) is 5.16 Å². The van der Waals surface area contributed by atoms with Gasteiger partial charge in [-0.1, -0.05) is 42.1 Å². The molecule has 2 N–H and O–H groups in total. The Morgan fingerprint density at radius 2 is 2.07 bits per heavy atom. The number of nitrogens with one attached hydrogen (secondary N) is 2. The summed E-state index contributed by atoms with van der Waals surface area (Å²) in [6.07, 6.45) is 1.48. The minimum absolute atomic E-state index is 0.0472. The molecule has 0 radical (unpaired) electrons. The lowest BCUT2D eigenvalue weighted by atomic mass is 10.1. The van der Waals surface area contributed by atoms with Gasteiger partial charge in [-0.05, 0) is 43.2 Å². The van der Waals surface area contributed by atoms with Crippen LogP contribution in [0, 0.1) is 6.92 Å². The summed E-state index contributed by atoms with van der Waals surface area (Å²) in [6.45, 7) is 6.46. The summed E-state index contributed by atoms with van der Waals surface area (Å²) >= 11 is 1.53. The molecule has 146 valence electrons. The molecule has 7 heteroatoms. The fraction of sp³-hybridized carbons (Fsp3) is 0.286. The number of rotatable bonds is 9. The van der Waals surface area contributed by atoms with Crippen LogP contribution < -0.4 is 10.2 Å². The quantitative estimate of drug-likeness (QED) is 0.541. The number of hydrogen-bond donors (Lipinski definition) is 2. The second-order valence-corrected chi connectivity index (χ2v) is 7.38. The molecule has 6 nitrogen and oxygen atoms in total. The lowest BCUT2D eigenvalue weighted by Gasteiger charge is -2.23. The van der Waals surface area contributed by atoms with Crippen molar-refractivity contribution < 1.29 is 4.79 Å². The Balaban J connectivity index is 1.57. The van der Waals surface area contributed by atoms with Crippen molar-refractivity contribution in [3.63, 3.8) is 0 Å². The number of benzene rings is 2. The molecular weight excluding hydrogens is 370 g/mol. The molecule has 0 bridgehead atoms. The van der Waals surface area contributed by atoms with Gasteiger partial charge in [-0.2, -0.15) is 5.10 Å². The lowest BCUT2D eigenvalue weighted by molar-refractivity contribution is 0.0954. The Bertz CT molecular complexity index is 897. The van der Waals surface area contributed by atoms with E-state index in [9.17, 15) is 4.79 Å². The van der Waals surface area contributed by atoms with Gasteiger partial charge in [0.05, 0.1) is 0 Å². The van der Waals surface area contributed by atoms with E-state index < -0.39 is 0 Å². The molecule has 1 amide bonds. The van der Waals surface area contributed by atoms with Crippen molar-refractivity contribution in [3.8, 4) is 0 Å². The molecule has 1 aromatic heterocycles. The highest BCUT2D eigenvalue weighted by molar-refractivity contribution is 7.98. The van der Waals surface area contributed by atoms with Gasteiger partial charge in [-0.3, -0.25) is 9.89 Å². The van der Waals surface area contributed by atoms with Crippen LogP contribution in [0.5, 0.6) is 0 Å². The summed E-state index contributed by atoms with van der Waals surface area (Å²) in [5.74, 6) is 0.609. The van der Waals surface area contributed by atoms with Crippen molar-refractivity contribution in [2.45, 2.75) is 24.8 Å². The molecule has 0 aliphatic rings. The van der Waals surface area contributed by atoms with Crippen molar-refractivity contribution in [3.05, 3.63) is 71.5 Å². The summed E-state index contributed by atoms with van der Waals surface area (Å²) in [5, 5.41) is 10.5. The number of carbonyl (C=O) groups excluding carboxylic acids is 1. The van der Waals surface area contributed by atoms with Crippen molar-refractivity contribution in [1.29, 1.82) is 0 Å². The van der Waals surface area contributed by atoms with Gasteiger partial charge in [0.2, 0.25) is 0 Å². The van der Waals surface area contributed by atoms with Crippen LogP contribution in [-0.2, 0) is 5.75 Å². The van der Waals surface area contributed by atoms with E-state index in [1.54, 1.807) is 0 Å². The highest BCUT2D eigenvalue weighted by atomic mass is 32.2. The third-order valence-electron chi connectivity index (χ3n) is 4.44. The predicted molar refractivity (Wildman–Crippen MR) is 114 cm³/mol. The van der Waals surface area contributed by atoms with Gasteiger partial charge in [-0.15, -0.1) is 0 Å². The SMILES string of the molecule is CCN(CCNC(=O)c1ccccc1CSc1ncn[nH]1)c1cccc(C)c1. The molecule has 0 saturated heterocycles. The number of likely N-dealkylation sites (N-methyl/N-ethyl adjacent to an activating group) is 1. The summed E-state index contributed by atoms with van der Waals surface area (Å²) in [7, 11) is 0. The van der Waals surface area contributed by atoms with Gasteiger partial charge in [-0.25, -0.2) is 4.98 Å². The Morgan fingerprint density at radius 3 is 2.82 bits per heavy atom. The Hall–Kier alpha value is -2.80. The third kappa shape index (κ3) is 5.36. The zero-order valence-corrected chi connectivity index (χ0v) is 17.0. The van der Waals surface area contributed by atoms with Gasteiger partial charge < -0.3 is 10.2 Å². The van der Waals surface area contributed by atoms with Crippen LogP contribution in [0.3, 0.4) is 0 Å². The molecule has 1 heterocycles. The highest BCUT2D eigenvalue weighted by Crippen LogP contribution is 2.21. The zero-order chi connectivity index (χ0) is 19.8. The van der Waals surface area contributed by atoms with Crippen molar-refractivity contribution in [1.82, 2.24) is 20.5 Å². The molecule has 0 spiro atoms. The Labute approximate surface area is 169 Å². The van der Waals surface area contributed by atoms with Crippen molar-refractivity contribution in [2.24, 2.45) is 0 Å². The van der Waals surface area contributed by atoms with Crippen molar-refractivity contribution in [2.75, 3.05) is 24.5 Å². The van der Waals surface area contributed by atoms with E-state index in [1.807, 2.05) is 24.3 Å². The number of aromatic amines is 1. The molecule has 2 aromatic carbocycles. The largest absolute Gasteiger partial charge is 0.370 e. The van der Waals surface area contributed by atoms with E-state index in [2.05, 4.69) is 63.5 Å². The molecule has 0 atom stereocenters. The number of thioether (sulfide) groups is 1. The lowest BCUT2D eigenvalue weighted by Crippen LogP contribution is -2.35. The first-order valence-corrected chi connectivity index (χ1v) is 10.3. The van der Waals surface area contributed by atoms with Crippen LogP contribution in [0.1, 0.15) is 28.4 Å². The second kappa shape index (κ2) is 9.94. The number of H-pyrrole nitrogens is 1. The van der Waals surface area contributed by atoms with Crippen molar-refractivity contribution >= 4 is 23.4 Å². The predicted octanol–water partition coefficient (Wildman–Crippen LogP) is 3.66. The minimum Gasteiger partial charge on any atom is -0.370 e. The zero-order valence-electron chi connectivity index (χ0n) is 16.2. The molecule has 3 rings (SSSR count). The first kappa shape index (κ1) is 19.9. The highest BCUT2D eigenvalue weighted by Gasteiger charge is 2.12. The van der Waals surface area contributed by atoms with E-state index in [0.29, 0.717) is 17.9 Å². The first-order chi connectivity index (χ1) is 13.7. The molecule has 0 aliphatic carbocycles. The molecule has 0 aliphatic heterocycles. The topological polar surface area (TPSA) is 73.9 Å². The fourth-order valence-corrected chi connectivity index (χ4v) is 3.75. The maximum absolute atomic E-state index is 12.7. The van der Waals surface area contributed by atoms with E-state index in [0.717, 1.165) is 23.8 Å². The number of aryl methyl sites for hydroxylation is 1. The van der Waals surface area contributed by atoms with Gasteiger partial charge >= 0.3 is 0 Å². The normalized spacial score (nSPS) is 10.6. The van der Waals surface area contributed by atoms with E-state index in [4.69, 9.17) is 0 Å². The summed E-state index contributed by atoms with van der Waals surface area (Å²) in [6, 6.07) is 16.1. The van der Waals surface area contributed by atoms with Crippen LogP contribution in [0.2, 0.25) is 0 Å². The summed E-state index contributed by atoms with van der Waals surface area (Å²) in [4.78, 5) is 19.1. The molecule has 0 saturated carbocycles. The Kier molecular flexibility index (Phi) is 7.08.